The van der Waals surface area contributed by atoms with Gasteiger partial charge in [-0.1, -0.05) is 38.1 Å². The van der Waals surface area contributed by atoms with Gasteiger partial charge in [-0.3, -0.25) is 9.59 Å². The van der Waals surface area contributed by atoms with Gasteiger partial charge in [0.1, 0.15) is 17.5 Å². The second-order valence-corrected chi connectivity index (χ2v) is 8.17. The molecule has 0 aliphatic rings. The quantitative estimate of drug-likeness (QED) is 0.626. The molecule has 0 aliphatic heterocycles. The number of hydrogen-bond donors (Lipinski definition) is 1. The predicted octanol–water partition coefficient (Wildman–Crippen LogP) is 3.88. The van der Waals surface area contributed by atoms with Gasteiger partial charge in [-0.15, -0.1) is 0 Å². The molecule has 0 unspecified atom stereocenters. The lowest BCUT2D eigenvalue weighted by molar-refractivity contribution is -0.142. The first-order valence-electron chi connectivity index (χ1n) is 10.6. The SMILES string of the molecule is COc1cccc(CN(C(=O)COc2cccc(C)c2C)[C@@H](C)C(=O)NCC(C)C)c1. The van der Waals surface area contributed by atoms with E-state index in [-0.39, 0.29) is 25.0 Å². The molecule has 31 heavy (non-hydrogen) atoms. The van der Waals surface area contributed by atoms with Crippen LogP contribution in [0.25, 0.3) is 0 Å². The van der Waals surface area contributed by atoms with E-state index in [1.54, 1.807) is 18.9 Å². The molecule has 168 valence electrons. The third-order valence-electron chi connectivity index (χ3n) is 5.24. The molecular formula is C25H34N2O4. The Morgan fingerprint density at radius 1 is 1.06 bits per heavy atom. The Kier molecular flexibility index (Phi) is 8.91. The molecule has 0 fully saturated rings. The summed E-state index contributed by atoms with van der Waals surface area (Å²) in [4.78, 5) is 27.4. The first kappa shape index (κ1) is 24.3. The van der Waals surface area contributed by atoms with Crippen LogP contribution in [0.3, 0.4) is 0 Å². The van der Waals surface area contributed by atoms with E-state index in [2.05, 4.69) is 5.32 Å². The Labute approximate surface area is 185 Å². The van der Waals surface area contributed by atoms with Gasteiger partial charge in [0.2, 0.25) is 5.91 Å². The number of benzene rings is 2. The maximum atomic E-state index is 13.1. The fraction of sp³-hybridized carbons (Fsp3) is 0.440. The van der Waals surface area contributed by atoms with E-state index >= 15 is 0 Å². The molecule has 0 saturated carbocycles. The molecular weight excluding hydrogens is 392 g/mol. The third kappa shape index (κ3) is 7.02. The van der Waals surface area contributed by atoms with E-state index in [0.29, 0.717) is 24.0 Å². The average Bonchev–Trinajstić information content (AvgIpc) is 2.76. The molecule has 2 rings (SSSR count). The van der Waals surface area contributed by atoms with Crippen LogP contribution in [-0.4, -0.2) is 43.0 Å². The molecule has 0 spiro atoms. The van der Waals surface area contributed by atoms with Crippen LogP contribution in [0.15, 0.2) is 42.5 Å². The monoisotopic (exact) mass is 426 g/mol. The summed E-state index contributed by atoms with van der Waals surface area (Å²) in [5.41, 5.74) is 2.97. The number of ether oxygens (including phenoxy) is 2. The molecule has 2 amide bonds. The Bertz CT molecular complexity index is 895. The van der Waals surface area contributed by atoms with Crippen LogP contribution in [0.2, 0.25) is 0 Å². The van der Waals surface area contributed by atoms with Crippen LogP contribution in [-0.2, 0) is 16.1 Å². The lowest BCUT2D eigenvalue weighted by Gasteiger charge is -2.29. The molecule has 0 aromatic heterocycles. The minimum absolute atomic E-state index is 0.143. The Morgan fingerprint density at radius 3 is 2.45 bits per heavy atom. The summed E-state index contributed by atoms with van der Waals surface area (Å²) in [6.07, 6.45) is 0. The largest absolute Gasteiger partial charge is 0.497 e. The highest BCUT2D eigenvalue weighted by Crippen LogP contribution is 2.21. The smallest absolute Gasteiger partial charge is 0.261 e. The second kappa shape index (κ2) is 11.4. The molecule has 6 heteroatoms. The minimum Gasteiger partial charge on any atom is -0.497 e. The fourth-order valence-corrected chi connectivity index (χ4v) is 3.11. The Balaban J connectivity index is 2.19. The van der Waals surface area contributed by atoms with Gasteiger partial charge in [-0.2, -0.15) is 0 Å². The van der Waals surface area contributed by atoms with Crippen molar-refractivity contribution in [2.75, 3.05) is 20.3 Å². The van der Waals surface area contributed by atoms with Crippen LogP contribution in [0.1, 0.15) is 37.5 Å². The van der Waals surface area contributed by atoms with Crippen molar-refractivity contribution in [2.24, 2.45) is 5.92 Å². The van der Waals surface area contributed by atoms with Gasteiger partial charge in [-0.05, 0) is 61.6 Å². The standard InChI is InChI=1S/C25H34N2O4/c1-17(2)14-26-25(29)20(5)27(15-21-10-8-11-22(13-21)30-6)24(28)16-31-23-12-7-9-18(3)19(23)4/h7-13,17,20H,14-16H2,1-6H3,(H,26,29)/t20-/m0/s1. The zero-order chi connectivity index (χ0) is 23.0. The molecule has 1 N–H and O–H groups in total. The van der Waals surface area contributed by atoms with Crippen molar-refractivity contribution in [1.29, 1.82) is 0 Å². The van der Waals surface area contributed by atoms with Gasteiger partial charge < -0.3 is 19.7 Å². The summed E-state index contributed by atoms with van der Waals surface area (Å²) in [6.45, 7) is 10.5. The first-order valence-corrected chi connectivity index (χ1v) is 10.6. The fourth-order valence-electron chi connectivity index (χ4n) is 3.11. The van der Waals surface area contributed by atoms with Gasteiger partial charge in [0.25, 0.3) is 5.91 Å². The minimum atomic E-state index is -0.639. The van der Waals surface area contributed by atoms with Crippen molar-refractivity contribution in [3.63, 3.8) is 0 Å². The summed E-state index contributed by atoms with van der Waals surface area (Å²) >= 11 is 0. The van der Waals surface area contributed by atoms with Gasteiger partial charge >= 0.3 is 0 Å². The number of rotatable bonds is 10. The summed E-state index contributed by atoms with van der Waals surface area (Å²) in [5.74, 6) is 1.26. The van der Waals surface area contributed by atoms with Crippen LogP contribution in [0.4, 0.5) is 0 Å². The van der Waals surface area contributed by atoms with E-state index in [9.17, 15) is 9.59 Å². The van der Waals surface area contributed by atoms with E-state index in [1.807, 2.05) is 70.2 Å². The molecule has 0 radical (unpaired) electrons. The van der Waals surface area contributed by atoms with Crippen molar-refractivity contribution >= 4 is 11.8 Å². The number of amides is 2. The molecule has 2 aromatic rings. The van der Waals surface area contributed by atoms with Crippen molar-refractivity contribution in [3.8, 4) is 11.5 Å². The molecule has 2 aromatic carbocycles. The number of carbonyl (C=O) groups excluding carboxylic acids is 2. The second-order valence-electron chi connectivity index (χ2n) is 8.17. The van der Waals surface area contributed by atoms with Crippen molar-refractivity contribution in [2.45, 2.75) is 47.2 Å². The number of carbonyl (C=O) groups is 2. The lowest BCUT2D eigenvalue weighted by atomic mass is 10.1. The van der Waals surface area contributed by atoms with Crippen molar-refractivity contribution in [3.05, 3.63) is 59.2 Å². The van der Waals surface area contributed by atoms with E-state index in [1.165, 1.54) is 0 Å². The number of nitrogens with zero attached hydrogens (tertiary/aromatic N) is 1. The maximum Gasteiger partial charge on any atom is 0.261 e. The van der Waals surface area contributed by atoms with Crippen molar-refractivity contribution < 1.29 is 19.1 Å². The van der Waals surface area contributed by atoms with Crippen LogP contribution >= 0.6 is 0 Å². The number of hydrogen-bond acceptors (Lipinski definition) is 4. The highest BCUT2D eigenvalue weighted by molar-refractivity contribution is 5.88. The highest BCUT2D eigenvalue weighted by atomic mass is 16.5. The van der Waals surface area contributed by atoms with Crippen LogP contribution in [0, 0.1) is 19.8 Å². The van der Waals surface area contributed by atoms with Gasteiger partial charge in [-0.25, -0.2) is 0 Å². The molecule has 0 saturated heterocycles. The highest BCUT2D eigenvalue weighted by Gasteiger charge is 2.26. The lowest BCUT2D eigenvalue weighted by Crippen LogP contribution is -2.49. The number of nitrogens with one attached hydrogen (secondary N) is 1. The van der Waals surface area contributed by atoms with Crippen LogP contribution in [0.5, 0.6) is 11.5 Å². The zero-order valence-electron chi connectivity index (χ0n) is 19.4. The summed E-state index contributed by atoms with van der Waals surface area (Å²) in [5, 5.41) is 2.92. The molecule has 1 atom stereocenters. The van der Waals surface area contributed by atoms with Crippen LogP contribution < -0.4 is 14.8 Å². The molecule has 0 aliphatic carbocycles. The molecule has 6 nitrogen and oxygen atoms in total. The van der Waals surface area contributed by atoms with Crippen molar-refractivity contribution in [1.82, 2.24) is 10.2 Å². The average molecular weight is 427 g/mol. The first-order chi connectivity index (χ1) is 14.7. The summed E-state index contributed by atoms with van der Waals surface area (Å²) in [7, 11) is 1.60. The molecule has 0 heterocycles. The topological polar surface area (TPSA) is 67.9 Å². The normalized spacial score (nSPS) is 11.7. The number of aryl methyl sites for hydroxylation is 1. The summed E-state index contributed by atoms with van der Waals surface area (Å²) < 4.78 is 11.1. The van der Waals surface area contributed by atoms with Gasteiger partial charge in [0.15, 0.2) is 6.61 Å². The third-order valence-corrected chi connectivity index (χ3v) is 5.24. The maximum absolute atomic E-state index is 13.1. The van der Waals surface area contributed by atoms with Gasteiger partial charge in [0.05, 0.1) is 7.11 Å². The zero-order valence-corrected chi connectivity index (χ0v) is 19.4. The summed E-state index contributed by atoms with van der Waals surface area (Å²) in [6, 6.07) is 12.6. The Morgan fingerprint density at radius 2 is 1.77 bits per heavy atom. The van der Waals surface area contributed by atoms with E-state index in [0.717, 1.165) is 16.7 Å². The number of methoxy groups -OCH3 is 1. The van der Waals surface area contributed by atoms with Gasteiger partial charge in [0, 0.05) is 13.1 Å². The van der Waals surface area contributed by atoms with E-state index in [4.69, 9.17) is 9.47 Å². The molecule has 0 bridgehead atoms. The van der Waals surface area contributed by atoms with E-state index < -0.39 is 6.04 Å². The Hall–Kier alpha value is -3.02. The predicted molar refractivity (Wildman–Crippen MR) is 122 cm³/mol.